The van der Waals surface area contributed by atoms with E-state index in [-0.39, 0.29) is 10.8 Å². The molecule has 0 spiro atoms. The molecule has 0 bridgehead atoms. The third kappa shape index (κ3) is 8.05. The van der Waals surface area contributed by atoms with Crippen LogP contribution in [0.5, 0.6) is 0 Å². The molecule has 0 saturated carbocycles. The maximum absolute atomic E-state index is 8.94. The smallest absolute Gasteiger partial charge is 0.151 e. The van der Waals surface area contributed by atoms with Gasteiger partial charge < -0.3 is 20.4 Å². The molecule has 4 nitrogen and oxygen atoms in total. The van der Waals surface area contributed by atoms with Crippen LogP contribution < -0.4 is 0 Å². The Kier molecular flexibility index (Phi) is 5.90. The lowest BCUT2D eigenvalue weighted by atomic mass is 9.76. The molecule has 0 saturated heterocycles. The van der Waals surface area contributed by atoms with Crippen LogP contribution in [-0.4, -0.2) is 33.0 Å². The van der Waals surface area contributed by atoms with Crippen molar-refractivity contribution in [3.8, 4) is 0 Å². The summed E-state index contributed by atoms with van der Waals surface area (Å²) in [6, 6.07) is 0. The van der Waals surface area contributed by atoms with Gasteiger partial charge in [0.05, 0.1) is 0 Å². The van der Waals surface area contributed by atoms with E-state index in [4.69, 9.17) is 20.4 Å². The van der Waals surface area contributed by atoms with Gasteiger partial charge in [-0.2, -0.15) is 0 Å². The van der Waals surface area contributed by atoms with E-state index in [1.807, 2.05) is 27.7 Å². The van der Waals surface area contributed by atoms with Crippen molar-refractivity contribution in [3.05, 3.63) is 0 Å². The van der Waals surface area contributed by atoms with Crippen molar-refractivity contribution in [1.82, 2.24) is 0 Å². The molecule has 0 aromatic rings. The van der Waals surface area contributed by atoms with Crippen molar-refractivity contribution < 1.29 is 20.4 Å². The van der Waals surface area contributed by atoms with Crippen LogP contribution in [0.4, 0.5) is 0 Å². The van der Waals surface area contributed by atoms with E-state index in [1.165, 1.54) is 0 Å². The molecule has 0 aliphatic rings. The first-order valence-corrected chi connectivity index (χ1v) is 5.76. The van der Waals surface area contributed by atoms with Gasteiger partial charge in [-0.05, 0) is 23.7 Å². The second-order valence-corrected chi connectivity index (χ2v) is 6.20. The van der Waals surface area contributed by atoms with E-state index < -0.39 is 12.6 Å². The van der Waals surface area contributed by atoms with Gasteiger partial charge in [-0.3, -0.25) is 0 Å². The third-order valence-electron chi connectivity index (χ3n) is 2.95. The first-order valence-electron chi connectivity index (χ1n) is 5.76. The Morgan fingerprint density at radius 2 is 0.938 bits per heavy atom. The van der Waals surface area contributed by atoms with Gasteiger partial charge in [-0.25, -0.2) is 0 Å². The molecule has 0 unspecified atom stereocenters. The Morgan fingerprint density at radius 1 is 0.688 bits per heavy atom. The summed E-state index contributed by atoms with van der Waals surface area (Å²) >= 11 is 0. The van der Waals surface area contributed by atoms with Crippen molar-refractivity contribution in [1.29, 1.82) is 0 Å². The van der Waals surface area contributed by atoms with Gasteiger partial charge in [0, 0.05) is 12.8 Å². The van der Waals surface area contributed by atoms with Crippen molar-refractivity contribution >= 4 is 0 Å². The Hall–Kier alpha value is -0.160. The minimum Gasteiger partial charge on any atom is -0.368 e. The molecule has 0 amide bonds. The zero-order valence-electron chi connectivity index (χ0n) is 10.8. The van der Waals surface area contributed by atoms with Gasteiger partial charge in [0.2, 0.25) is 0 Å². The molecule has 4 N–H and O–H groups in total. The summed E-state index contributed by atoms with van der Waals surface area (Å²) in [5.41, 5.74) is -0.294. The number of aliphatic hydroxyl groups is 4. The average molecular weight is 234 g/mol. The fourth-order valence-corrected chi connectivity index (χ4v) is 1.87. The van der Waals surface area contributed by atoms with Crippen LogP contribution in [0.15, 0.2) is 0 Å². The highest BCUT2D eigenvalue weighted by atomic mass is 16.5. The Morgan fingerprint density at radius 3 is 1.12 bits per heavy atom. The zero-order chi connectivity index (χ0) is 13.0. The minimum absolute atomic E-state index is 0.147. The molecule has 0 aromatic carbocycles. The lowest BCUT2D eigenvalue weighted by Crippen LogP contribution is -2.25. The standard InChI is InChI=1S/C12H26O4/c1-11(2,7-9(13)14)5-6-12(3,4)8-10(15)16/h9-10,13-16H,5-8H2,1-4H3. The first kappa shape index (κ1) is 15.8. The van der Waals surface area contributed by atoms with Crippen LogP contribution in [0.3, 0.4) is 0 Å². The predicted octanol–water partition coefficient (Wildman–Crippen LogP) is 1.22. The van der Waals surface area contributed by atoms with E-state index in [9.17, 15) is 0 Å². The van der Waals surface area contributed by atoms with Crippen LogP contribution in [0, 0.1) is 10.8 Å². The highest BCUT2D eigenvalue weighted by Gasteiger charge is 2.27. The molecule has 0 fully saturated rings. The van der Waals surface area contributed by atoms with Gasteiger partial charge in [-0.1, -0.05) is 27.7 Å². The molecule has 0 aliphatic carbocycles. The number of aliphatic hydroxyl groups excluding tert-OH is 2. The van der Waals surface area contributed by atoms with Gasteiger partial charge in [-0.15, -0.1) is 0 Å². The fraction of sp³-hybridized carbons (Fsp3) is 1.00. The van der Waals surface area contributed by atoms with Crippen molar-refractivity contribution in [2.75, 3.05) is 0 Å². The molecule has 0 atom stereocenters. The summed E-state index contributed by atoms with van der Waals surface area (Å²) < 4.78 is 0. The van der Waals surface area contributed by atoms with Gasteiger partial charge in [0.25, 0.3) is 0 Å². The lowest BCUT2D eigenvalue weighted by molar-refractivity contribution is -0.0787. The molecule has 0 rings (SSSR count). The van der Waals surface area contributed by atoms with Crippen LogP contribution in [0.25, 0.3) is 0 Å². The number of rotatable bonds is 7. The highest BCUT2D eigenvalue weighted by molar-refractivity contribution is 4.76. The van der Waals surface area contributed by atoms with E-state index >= 15 is 0 Å². The SMILES string of the molecule is CC(C)(CCC(C)(C)CC(O)O)CC(O)O. The molecule has 0 aliphatic heterocycles. The molecule has 0 radical (unpaired) electrons. The zero-order valence-corrected chi connectivity index (χ0v) is 10.8. The number of hydrogen-bond donors (Lipinski definition) is 4. The molecular weight excluding hydrogens is 208 g/mol. The lowest BCUT2D eigenvalue weighted by Gasteiger charge is -2.32. The van der Waals surface area contributed by atoms with Crippen LogP contribution in [-0.2, 0) is 0 Å². The molecule has 0 aromatic heterocycles. The number of hydrogen-bond acceptors (Lipinski definition) is 4. The third-order valence-corrected chi connectivity index (χ3v) is 2.95. The monoisotopic (exact) mass is 234 g/mol. The summed E-state index contributed by atoms with van der Waals surface area (Å²) in [7, 11) is 0. The second kappa shape index (κ2) is 5.96. The van der Waals surface area contributed by atoms with Crippen LogP contribution in [0.1, 0.15) is 53.4 Å². The normalized spacial score (nSPS) is 13.9. The second-order valence-electron chi connectivity index (χ2n) is 6.20. The Bertz CT molecular complexity index is 175. The van der Waals surface area contributed by atoms with Crippen molar-refractivity contribution in [3.63, 3.8) is 0 Å². The summed E-state index contributed by atoms with van der Waals surface area (Å²) in [4.78, 5) is 0. The topological polar surface area (TPSA) is 80.9 Å². The fourth-order valence-electron chi connectivity index (χ4n) is 1.87. The van der Waals surface area contributed by atoms with E-state index in [1.54, 1.807) is 0 Å². The molecule has 4 heteroatoms. The van der Waals surface area contributed by atoms with E-state index in [0.29, 0.717) is 12.8 Å². The first-order chi connectivity index (χ1) is 7.04. The maximum atomic E-state index is 8.94. The molecule has 0 heterocycles. The van der Waals surface area contributed by atoms with Crippen LogP contribution in [0.2, 0.25) is 0 Å². The molecule has 98 valence electrons. The average Bonchev–Trinajstić information content (AvgIpc) is 1.96. The summed E-state index contributed by atoms with van der Waals surface area (Å²) in [5, 5.41) is 35.8. The minimum atomic E-state index is -1.28. The van der Waals surface area contributed by atoms with E-state index in [2.05, 4.69) is 0 Å². The maximum Gasteiger partial charge on any atom is 0.151 e. The van der Waals surface area contributed by atoms with Crippen molar-refractivity contribution in [2.45, 2.75) is 66.0 Å². The Balaban J connectivity index is 4.11. The molecule has 16 heavy (non-hydrogen) atoms. The van der Waals surface area contributed by atoms with Gasteiger partial charge >= 0.3 is 0 Å². The quantitative estimate of drug-likeness (QED) is 0.499. The predicted molar refractivity (Wildman–Crippen MR) is 62.5 cm³/mol. The largest absolute Gasteiger partial charge is 0.368 e. The van der Waals surface area contributed by atoms with Crippen molar-refractivity contribution in [2.24, 2.45) is 10.8 Å². The molecular formula is C12H26O4. The summed E-state index contributed by atoms with van der Waals surface area (Å²) in [6.07, 6.45) is -0.229. The van der Waals surface area contributed by atoms with E-state index in [0.717, 1.165) is 12.8 Å². The van der Waals surface area contributed by atoms with Crippen LogP contribution >= 0.6 is 0 Å². The Labute approximate surface area is 97.9 Å². The van der Waals surface area contributed by atoms with Gasteiger partial charge in [0.15, 0.2) is 12.6 Å². The summed E-state index contributed by atoms with van der Waals surface area (Å²) in [5.74, 6) is 0. The summed E-state index contributed by atoms with van der Waals surface area (Å²) in [6.45, 7) is 7.94. The van der Waals surface area contributed by atoms with Gasteiger partial charge in [0.1, 0.15) is 0 Å². The highest BCUT2D eigenvalue weighted by Crippen LogP contribution is 2.36.